The summed E-state index contributed by atoms with van der Waals surface area (Å²) in [5, 5.41) is 9.06. The molecule has 0 aromatic rings. The van der Waals surface area contributed by atoms with Crippen molar-refractivity contribution in [3.63, 3.8) is 0 Å². The lowest BCUT2D eigenvalue weighted by atomic mass is 10.2. The Morgan fingerprint density at radius 2 is 2.42 bits per heavy atom. The summed E-state index contributed by atoms with van der Waals surface area (Å²) in [4.78, 5) is 2.04. The highest BCUT2D eigenvalue weighted by atomic mass is 19.1. The molecule has 3 atom stereocenters. The fraction of sp³-hybridized carbons (Fsp3) is 1.00. The van der Waals surface area contributed by atoms with E-state index in [0.29, 0.717) is 12.6 Å². The van der Waals surface area contributed by atoms with E-state index in [1.165, 1.54) is 0 Å². The lowest BCUT2D eigenvalue weighted by Gasteiger charge is -2.22. The number of β-amino-alcohol motifs (C(OH)–C–C–N with tert-alkyl or cyclic N) is 1. The van der Waals surface area contributed by atoms with E-state index < -0.39 is 12.8 Å². The molecule has 1 rings (SSSR count). The Kier molecular flexibility index (Phi) is 3.43. The van der Waals surface area contributed by atoms with Crippen LogP contribution < -0.4 is 5.73 Å². The third kappa shape index (κ3) is 2.40. The van der Waals surface area contributed by atoms with Crippen molar-refractivity contribution >= 4 is 0 Å². The van der Waals surface area contributed by atoms with Crippen LogP contribution in [0.15, 0.2) is 0 Å². The number of halogens is 1. The van der Waals surface area contributed by atoms with Crippen molar-refractivity contribution < 1.29 is 9.50 Å². The van der Waals surface area contributed by atoms with Crippen molar-refractivity contribution in [1.29, 1.82) is 0 Å². The summed E-state index contributed by atoms with van der Waals surface area (Å²) in [6, 6.07) is 0.563. The molecule has 0 saturated carbocycles. The van der Waals surface area contributed by atoms with Crippen molar-refractivity contribution in [3.05, 3.63) is 0 Å². The zero-order valence-electron chi connectivity index (χ0n) is 7.41. The number of hydrogen-bond acceptors (Lipinski definition) is 3. The average Bonchev–Trinajstić information content (AvgIpc) is 2.30. The van der Waals surface area contributed by atoms with Crippen molar-refractivity contribution in [3.8, 4) is 0 Å². The van der Waals surface area contributed by atoms with E-state index in [2.05, 4.69) is 6.92 Å². The number of aliphatic hydroxyl groups is 1. The van der Waals surface area contributed by atoms with Gasteiger partial charge in [0.15, 0.2) is 0 Å². The van der Waals surface area contributed by atoms with Gasteiger partial charge in [-0.25, -0.2) is 4.39 Å². The Bertz CT molecular complexity index is 145. The molecule has 1 fully saturated rings. The number of hydrogen-bond donors (Lipinski definition) is 2. The number of rotatable bonds is 3. The van der Waals surface area contributed by atoms with Crippen LogP contribution in [0.1, 0.15) is 13.3 Å². The van der Waals surface area contributed by atoms with Gasteiger partial charge in [-0.1, -0.05) is 0 Å². The molecule has 0 amide bonds. The van der Waals surface area contributed by atoms with Gasteiger partial charge >= 0.3 is 0 Å². The molecule has 1 saturated heterocycles. The minimum absolute atomic E-state index is 0.187. The molecule has 3 unspecified atom stereocenters. The van der Waals surface area contributed by atoms with Crippen LogP contribution in [0.25, 0.3) is 0 Å². The third-order valence-corrected chi connectivity index (χ3v) is 2.36. The maximum atomic E-state index is 12.0. The molecule has 72 valence electrons. The maximum Gasteiger partial charge on any atom is 0.117 e. The standard InChI is InChI=1S/C8H17FN2O/c1-6-2-7(10)4-11(6)5-8(12)3-9/h6-8,12H,2-5,10H2,1H3. The van der Waals surface area contributed by atoms with Gasteiger partial charge in [-0.2, -0.15) is 0 Å². The molecule has 1 aliphatic rings. The number of alkyl halides is 1. The van der Waals surface area contributed by atoms with Crippen LogP contribution in [0.2, 0.25) is 0 Å². The van der Waals surface area contributed by atoms with E-state index >= 15 is 0 Å². The number of likely N-dealkylation sites (tertiary alicyclic amines) is 1. The number of aliphatic hydroxyl groups excluding tert-OH is 1. The first-order chi connectivity index (χ1) is 5.63. The smallest absolute Gasteiger partial charge is 0.117 e. The third-order valence-electron chi connectivity index (χ3n) is 2.36. The van der Waals surface area contributed by atoms with E-state index in [0.717, 1.165) is 13.0 Å². The molecular formula is C8H17FN2O. The van der Waals surface area contributed by atoms with Crippen LogP contribution in [0.4, 0.5) is 4.39 Å². The normalized spacial score (nSPS) is 34.0. The molecule has 0 spiro atoms. The Hall–Kier alpha value is -0.190. The molecule has 12 heavy (non-hydrogen) atoms. The average molecular weight is 176 g/mol. The summed E-state index contributed by atoms with van der Waals surface area (Å²) in [7, 11) is 0. The first kappa shape index (κ1) is 9.89. The highest BCUT2D eigenvalue weighted by molar-refractivity contribution is 4.85. The van der Waals surface area contributed by atoms with E-state index in [1.54, 1.807) is 0 Å². The van der Waals surface area contributed by atoms with Crippen LogP contribution in [0.5, 0.6) is 0 Å². The Labute approximate surface area is 72.3 Å². The lowest BCUT2D eigenvalue weighted by molar-refractivity contribution is 0.0868. The predicted octanol–water partition coefficient (Wildman–Crippen LogP) is -0.262. The monoisotopic (exact) mass is 176 g/mol. The fourth-order valence-corrected chi connectivity index (χ4v) is 1.72. The van der Waals surface area contributed by atoms with E-state index in [9.17, 15) is 4.39 Å². The minimum Gasteiger partial charge on any atom is -0.389 e. The highest BCUT2D eigenvalue weighted by Gasteiger charge is 2.27. The molecule has 0 aromatic heterocycles. The SMILES string of the molecule is CC1CC(N)CN1CC(O)CF. The molecule has 0 bridgehead atoms. The second kappa shape index (κ2) is 4.16. The summed E-state index contributed by atoms with van der Waals surface area (Å²) >= 11 is 0. The van der Waals surface area contributed by atoms with Crippen LogP contribution in [-0.2, 0) is 0 Å². The van der Waals surface area contributed by atoms with Gasteiger partial charge in [0.05, 0.1) is 6.10 Å². The van der Waals surface area contributed by atoms with Crippen molar-refractivity contribution in [2.24, 2.45) is 5.73 Å². The zero-order chi connectivity index (χ0) is 9.14. The molecule has 0 radical (unpaired) electrons. The molecule has 0 aliphatic carbocycles. The van der Waals surface area contributed by atoms with Gasteiger partial charge in [-0.15, -0.1) is 0 Å². The van der Waals surface area contributed by atoms with Crippen molar-refractivity contribution in [1.82, 2.24) is 4.90 Å². The maximum absolute atomic E-state index is 12.0. The molecule has 3 N–H and O–H groups in total. The molecule has 0 aromatic carbocycles. The predicted molar refractivity (Wildman–Crippen MR) is 45.6 cm³/mol. The van der Waals surface area contributed by atoms with Gasteiger partial charge in [0.2, 0.25) is 0 Å². The van der Waals surface area contributed by atoms with Crippen LogP contribution in [0, 0.1) is 0 Å². The largest absolute Gasteiger partial charge is 0.389 e. The van der Waals surface area contributed by atoms with Crippen molar-refractivity contribution in [2.75, 3.05) is 19.8 Å². The van der Waals surface area contributed by atoms with Crippen LogP contribution >= 0.6 is 0 Å². The van der Waals surface area contributed by atoms with Crippen molar-refractivity contribution in [2.45, 2.75) is 31.5 Å². The summed E-state index contributed by atoms with van der Waals surface area (Å²) < 4.78 is 12.0. The second-order valence-electron chi connectivity index (χ2n) is 3.61. The first-order valence-electron chi connectivity index (χ1n) is 4.37. The van der Waals surface area contributed by atoms with Gasteiger partial charge in [0, 0.05) is 25.2 Å². The molecule has 3 nitrogen and oxygen atoms in total. The van der Waals surface area contributed by atoms with Gasteiger partial charge in [0.25, 0.3) is 0 Å². The molecule has 4 heteroatoms. The molecule has 1 aliphatic heterocycles. The Morgan fingerprint density at radius 1 is 1.75 bits per heavy atom. The zero-order valence-corrected chi connectivity index (χ0v) is 7.41. The van der Waals surface area contributed by atoms with Gasteiger partial charge in [-0.05, 0) is 13.3 Å². The summed E-state index contributed by atoms with van der Waals surface area (Å²) in [5.74, 6) is 0. The van der Waals surface area contributed by atoms with Gasteiger partial charge < -0.3 is 10.8 Å². The Balaban J connectivity index is 2.32. The number of nitrogens with two attached hydrogens (primary N) is 1. The Morgan fingerprint density at radius 3 is 2.83 bits per heavy atom. The summed E-state index contributed by atoms with van der Waals surface area (Å²) in [5.41, 5.74) is 5.72. The minimum atomic E-state index is -0.849. The van der Waals surface area contributed by atoms with Gasteiger partial charge in [-0.3, -0.25) is 4.90 Å². The first-order valence-corrected chi connectivity index (χ1v) is 4.37. The second-order valence-corrected chi connectivity index (χ2v) is 3.61. The topological polar surface area (TPSA) is 49.5 Å². The van der Waals surface area contributed by atoms with E-state index in [1.807, 2.05) is 4.90 Å². The molecule has 1 heterocycles. The van der Waals surface area contributed by atoms with E-state index in [4.69, 9.17) is 10.8 Å². The number of nitrogens with zero attached hydrogens (tertiary/aromatic N) is 1. The highest BCUT2D eigenvalue weighted by Crippen LogP contribution is 2.15. The van der Waals surface area contributed by atoms with Crippen LogP contribution in [-0.4, -0.2) is 48.0 Å². The lowest BCUT2D eigenvalue weighted by Crippen LogP contribution is -2.36. The van der Waals surface area contributed by atoms with Gasteiger partial charge in [0.1, 0.15) is 6.67 Å². The van der Waals surface area contributed by atoms with E-state index in [-0.39, 0.29) is 6.04 Å². The molecular weight excluding hydrogens is 159 g/mol. The summed E-state index contributed by atoms with van der Waals surface area (Å²) in [6.45, 7) is 2.57. The van der Waals surface area contributed by atoms with Crippen LogP contribution in [0.3, 0.4) is 0 Å². The quantitative estimate of drug-likeness (QED) is 0.623. The fourth-order valence-electron chi connectivity index (χ4n) is 1.72. The summed E-state index contributed by atoms with van der Waals surface area (Å²) in [6.07, 6.45) is 0.0942.